The van der Waals surface area contributed by atoms with Gasteiger partial charge in [0.05, 0.1) is 31.6 Å². The molecule has 0 amide bonds. The fourth-order valence-corrected chi connectivity index (χ4v) is 4.01. The van der Waals surface area contributed by atoms with Gasteiger partial charge in [0.1, 0.15) is 15.7 Å². The third-order valence-corrected chi connectivity index (χ3v) is 5.77. The van der Waals surface area contributed by atoms with Gasteiger partial charge in [-0.3, -0.25) is 9.89 Å². The van der Waals surface area contributed by atoms with E-state index >= 15 is 0 Å². The fraction of sp³-hybridized carbons (Fsp3) is 0.650. The van der Waals surface area contributed by atoms with Crippen molar-refractivity contribution in [2.75, 3.05) is 51.4 Å². The molecule has 1 saturated heterocycles. The van der Waals surface area contributed by atoms with Crippen LogP contribution in [0.3, 0.4) is 0 Å². The van der Waals surface area contributed by atoms with Crippen LogP contribution < -0.4 is 10.6 Å². The minimum Gasteiger partial charge on any atom is -0.379 e. The first-order chi connectivity index (χ1) is 13.8. The van der Waals surface area contributed by atoms with Gasteiger partial charge in [0.2, 0.25) is 0 Å². The Balaban J connectivity index is 2.11. The Morgan fingerprint density at radius 1 is 1.34 bits per heavy atom. The van der Waals surface area contributed by atoms with Crippen LogP contribution in [0.15, 0.2) is 29.3 Å². The summed E-state index contributed by atoms with van der Waals surface area (Å²) in [5, 5.41) is 6.47. The number of sulfone groups is 1. The lowest BCUT2D eigenvalue weighted by molar-refractivity contribution is 0.0179. The molecule has 0 aliphatic carbocycles. The van der Waals surface area contributed by atoms with Gasteiger partial charge in [0.15, 0.2) is 5.96 Å². The molecule has 2 rings (SSSR count). The molecule has 9 heteroatoms. The highest BCUT2D eigenvalue weighted by Crippen LogP contribution is 2.23. The average molecular weight is 429 g/mol. The summed E-state index contributed by atoms with van der Waals surface area (Å²) in [5.41, 5.74) is 0.886. The first kappa shape index (κ1) is 23.6. The van der Waals surface area contributed by atoms with Gasteiger partial charge in [0.25, 0.3) is 0 Å². The van der Waals surface area contributed by atoms with E-state index in [1.807, 2.05) is 19.9 Å². The van der Waals surface area contributed by atoms with E-state index in [0.717, 1.165) is 18.7 Å². The molecule has 2 N–H and O–H groups in total. The van der Waals surface area contributed by atoms with Gasteiger partial charge in [-0.1, -0.05) is 12.1 Å². The van der Waals surface area contributed by atoms with Gasteiger partial charge in [-0.2, -0.15) is 0 Å². The monoisotopic (exact) mass is 428 g/mol. The van der Waals surface area contributed by atoms with Gasteiger partial charge in [-0.05, 0) is 38.0 Å². The highest BCUT2D eigenvalue weighted by molar-refractivity contribution is 7.90. The van der Waals surface area contributed by atoms with Crippen LogP contribution in [0.4, 0.5) is 4.39 Å². The number of halogens is 1. The molecular formula is C20H33FN4O3S. The molecule has 0 bridgehead atoms. The second-order valence-electron chi connectivity index (χ2n) is 7.40. The SMILES string of the molecule is CCNC(=NCC(c1cccc(F)c1)N1CCOCC1)NC(C)CCS(C)(=O)=O. The summed E-state index contributed by atoms with van der Waals surface area (Å²) in [6.45, 7) is 7.89. The lowest BCUT2D eigenvalue weighted by atomic mass is 10.0. The summed E-state index contributed by atoms with van der Waals surface area (Å²) in [5.74, 6) is 0.493. The molecule has 1 heterocycles. The zero-order valence-electron chi connectivity index (χ0n) is 17.5. The van der Waals surface area contributed by atoms with Crippen molar-refractivity contribution in [2.24, 2.45) is 4.99 Å². The van der Waals surface area contributed by atoms with Crippen molar-refractivity contribution in [3.05, 3.63) is 35.6 Å². The average Bonchev–Trinajstić information content (AvgIpc) is 2.67. The normalized spacial score (nSPS) is 18.3. The molecule has 1 aliphatic heterocycles. The standard InChI is InChI=1S/C20H33FN4O3S/c1-4-22-20(24-16(2)8-13-29(3,26)27)23-15-19(25-9-11-28-12-10-25)17-6-5-7-18(21)14-17/h5-7,14,16,19H,4,8-13,15H2,1-3H3,(H2,22,23,24). The van der Waals surface area contributed by atoms with Crippen LogP contribution in [0.1, 0.15) is 31.9 Å². The third-order valence-electron chi connectivity index (χ3n) is 4.79. The number of rotatable bonds is 9. The van der Waals surface area contributed by atoms with Gasteiger partial charge >= 0.3 is 0 Å². The maximum Gasteiger partial charge on any atom is 0.191 e. The van der Waals surface area contributed by atoms with Crippen molar-refractivity contribution in [3.63, 3.8) is 0 Å². The predicted molar refractivity (Wildman–Crippen MR) is 114 cm³/mol. The fourth-order valence-electron chi connectivity index (χ4n) is 3.23. The molecule has 1 aromatic carbocycles. The molecule has 164 valence electrons. The molecule has 1 aromatic rings. The summed E-state index contributed by atoms with van der Waals surface area (Å²) in [6.07, 6.45) is 1.74. The summed E-state index contributed by atoms with van der Waals surface area (Å²) >= 11 is 0. The number of aliphatic imine (C=N–C) groups is 1. The molecule has 7 nitrogen and oxygen atoms in total. The smallest absolute Gasteiger partial charge is 0.191 e. The molecule has 0 spiro atoms. The second-order valence-corrected chi connectivity index (χ2v) is 9.66. The van der Waals surface area contributed by atoms with E-state index in [1.54, 1.807) is 12.1 Å². The van der Waals surface area contributed by atoms with Crippen LogP contribution in [0, 0.1) is 5.82 Å². The number of nitrogens with zero attached hydrogens (tertiary/aromatic N) is 2. The van der Waals surface area contributed by atoms with Crippen LogP contribution in [0.25, 0.3) is 0 Å². The molecule has 29 heavy (non-hydrogen) atoms. The number of ether oxygens (including phenoxy) is 1. The summed E-state index contributed by atoms with van der Waals surface area (Å²) < 4.78 is 42.1. The van der Waals surface area contributed by atoms with Crippen LogP contribution >= 0.6 is 0 Å². The Hall–Kier alpha value is -1.71. The maximum absolute atomic E-state index is 13.8. The van der Waals surface area contributed by atoms with Crippen LogP contribution in [0.2, 0.25) is 0 Å². The van der Waals surface area contributed by atoms with Gasteiger partial charge in [-0.25, -0.2) is 12.8 Å². The highest BCUT2D eigenvalue weighted by atomic mass is 32.2. The van der Waals surface area contributed by atoms with Crippen molar-refractivity contribution in [1.29, 1.82) is 0 Å². The zero-order valence-corrected chi connectivity index (χ0v) is 18.3. The molecule has 2 atom stereocenters. The molecule has 1 aliphatic rings. The summed E-state index contributed by atoms with van der Waals surface area (Å²) in [7, 11) is -3.00. The number of hydrogen-bond acceptors (Lipinski definition) is 5. The molecule has 0 saturated carbocycles. The van der Waals surface area contributed by atoms with Crippen molar-refractivity contribution < 1.29 is 17.5 Å². The van der Waals surface area contributed by atoms with Crippen molar-refractivity contribution in [2.45, 2.75) is 32.4 Å². The Morgan fingerprint density at radius 3 is 2.69 bits per heavy atom. The molecule has 0 aromatic heterocycles. The summed E-state index contributed by atoms with van der Waals surface area (Å²) in [4.78, 5) is 6.98. The molecule has 1 fully saturated rings. The molecule has 0 radical (unpaired) electrons. The van der Waals surface area contributed by atoms with E-state index in [1.165, 1.54) is 12.3 Å². The highest BCUT2D eigenvalue weighted by Gasteiger charge is 2.23. The first-order valence-corrected chi connectivity index (χ1v) is 12.1. The van der Waals surface area contributed by atoms with Gasteiger partial charge in [0, 0.05) is 31.9 Å². The Labute approximate surface area is 173 Å². The Kier molecular flexibility index (Phi) is 9.32. The lowest BCUT2D eigenvalue weighted by Crippen LogP contribution is -2.44. The molecule has 2 unspecified atom stereocenters. The van der Waals surface area contributed by atoms with Gasteiger partial charge in [-0.15, -0.1) is 0 Å². The van der Waals surface area contributed by atoms with Crippen LogP contribution in [-0.4, -0.2) is 76.7 Å². The largest absolute Gasteiger partial charge is 0.379 e. The lowest BCUT2D eigenvalue weighted by Gasteiger charge is -2.34. The Morgan fingerprint density at radius 2 is 2.07 bits per heavy atom. The first-order valence-electron chi connectivity index (χ1n) is 10.1. The van der Waals surface area contributed by atoms with Crippen molar-refractivity contribution >= 4 is 15.8 Å². The van der Waals surface area contributed by atoms with Gasteiger partial charge < -0.3 is 15.4 Å². The minimum atomic E-state index is -3.00. The van der Waals surface area contributed by atoms with Crippen molar-refractivity contribution in [1.82, 2.24) is 15.5 Å². The number of benzene rings is 1. The Bertz CT molecular complexity index is 767. The van der Waals surface area contributed by atoms with E-state index in [4.69, 9.17) is 9.73 Å². The van der Waals surface area contributed by atoms with E-state index < -0.39 is 9.84 Å². The maximum atomic E-state index is 13.8. The number of nitrogens with one attached hydrogen (secondary N) is 2. The zero-order chi connectivity index (χ0) is 21.3. The van der Waals surface area contributed by atoms with E-state index in [2.05, 4.69) is 15.5 Å². The third kappa shape index (κ3) is 8.67. The summed E-state index contributed by atoms with van der Waals surface area (Å²) in [6, 6.07) is 6.55. The van der Waals surface area contributed by atoms with E-state index in [0.29, 0.717) is 38.7 Å². The van der Waals surface area contributed by atoms with Crippen molar-refractivity contribution in [3.8, 4) is 0 Å². The van der Waals surface area contributed by atoms with E-state index in [-0.39, 0.29) is 23.7 Å². The number of hydrogen-bond donors (Lipinski definition) is 2. The number of morpholine rings is 1. The van der Waals surface area contributed by atoms with E-state index in [9.17, 15) is 12.8 Å². The minimum absolute atomic E-state index is 0.0430. The molecular weight excluding hydrogens is 395 g/mol. The van der Waals surface area contributed by atoms with Crippen LogP contribution in [-0.2, 0) is 14.6 Å². The quantitative estimate of drug-likeness (QED) is 0.459. The topological polar surface area (TPSA) is 83.0 Å². The number of guanidine groups is 1. The van der Waals surface area contributed by atoms with Crippen LogP contribution in [0.5, 0.6) is 0 Å². The second kappa shape index (κ2) is 11.5. The predicted octanol–water partition coefficient (Wildman–Crippen LogP) is 1.58.